The number of nitro benzene ring substituents is 1. The lowest BCUT2D eigenvalue weighted by Crippen LogP contribution is -2.06. The Hall–Kier alpha value is -3.97. The number of hydrogen-bond donors (Lipinski definition) is 0. The molecule has 0 saturated heterocycles. The number of benzene rings is 3. The van der Waals surface area contributed by atoms with E-state index in [-0.39, 0.29) is 17.3 Å². The Labute approximate surface area is 188 Å². The molecule has 0 saturated carbocycles. The second-order valence-corrected chi connectivity index (χ2v) is 7.45. The Kier molecular flexibility index (Phi) is 6.00. The van der Waals surface area contributed by atoms with E-state index in [0.717, 1.165) is 5.56 Å². The number of carbonyl (C=O) groups is 1. The molecule has 0 atom stereocenters. The SMILES string of the molecule is Cc1ccc(C2=N/C(=C\c3cccc(OCc4ccccc4Cl)c3)C(=O)O2)cc1[N+](=O)[O-]. The summed E-state index contributed by atoms with van der Waals surface area (Å²) in [4.78, 5) is 27.2. The Morgan fingerprint density at radius 1 is 1.12 bits per heavy atom. The molecule has 7 nitrogen and oxygen atoms in total. The summed E-state index contributed by atoms with van der Waals surface area (Å²) in [7, 11) is 0. The fraction of sp³-hybridized carbons (Fsp3) is 0.0833. The Morgan fingerprint density at radius 2 is 1.94 bits per heavy atom. The highest BCUT2D eigenvalue weighted by atomic mass is 35.5. The third kappa shape index (κ3) is 4.68. The van der Waals surface area contributed by atoms with Crippen LogP contribution in [0, 0.1) is 17.0 Å². The van der Waals surface area contributed by atoms with Gasteiger partial charge in [-0.2, -0.15) is 0 Å². The Balaban J connectivity index is 1.55. The van der Waals surface area contributed by atoms with E-state index in [2.05, 4.69) is 4.99 Å². The van der Waals surface area contributed by atoms with Crippen LogP contribution in [0.1, 0.15) is 22.3 Å². The summed E-state index contributed by atoms with van der Waals surface area (Å²) < 4.78 is 11.0. The summed E-state index contributed by atoms with van der Waals surface area (Å²) in [5.74, 6) is -0.00918. The zero-order valence-electron chi connectivity index (χ0n) is 16.9. The van der Waals surface area contributed by atoms with Crippen LogP contribution in [0.5, 0.6) is 5.75 Å². The first kappa shape index (κ1) is 21.3. The number of esters is 1. The number of carbonyl (C=O) groups excluding carboxylic acids is 1. The first-order valence-electron chi connectivity index (χ1n) is 9.65. The summed E-state index contributed by atoms with van der Waals surface area (Å²) in [6, 6.07) is 19.1. The first-order valence-corrected chi connectivity index (χ1v) is 10.0. The van der Waals surface area contributed by atoms with Crippen molar-refractivity contribution in [1.82, 2.24) is 0 Å². The molecule has 0 fully saturated rings. The van der Waals surface area contributed by atoms with Crippen LogP contribution >= 0.6 is 11.6 Å². The molecule has 0 radical (unpaired) electrons. The van der Waals surface area contributed by atoms with Gasteiger partial charge < -0.3 is 9.47 Å². The smallest absolute Gasteiger partial charge is 0.363 e. The van der Waals surface area contributed by atoms with Crippen molar-refractivity contribution in [3.05, 3.63) is 110 Å². The lowest BCUT2D eigenvalue weighted by Gasteiger charge is -2.08. The molecule has 0 spiro atoms. The largest absolute Gasteiger partial charge is 0.489 e. The van der Waals surface area contributed by atoms with Crippen LogP contribution < -0.4 is 4.74 Å². The van der Waals surface area contributed by atoms with Crippen molar-refractivity contribution in [2.24, 2.45) is 4.99 Å². The van der Waals surface area contributed by atoms with Gasteiger partial charge >= 0.3 is 5.97 Å². The molecule has 0 aromatic heterocycles. The van der Waals surface area contributed by atoms with Gasteiger partial charge in [0.25, 0.3) is 5.69 Å². The molecule has 160 valence electrons. The number of rotatable bonds is 6. The van der Waals surface area contributed by atoms with Crippen LogP contribution in [-0.2, 0) is 16.1 Å². The van der Waals surface area contributed by atoms with Crippen molar-refractivity contribution in [1.29, 1.82) is 0 Å². The molecular formula is C24H17ClN2O5. The maximum Gasteiger partial charge on any atom is 0.363 e. The van der Waals surface area contributed by atoms with Crippen LogP contribution in [0.15, 0.2) is 77.4 Å². The van der Waals surface area contributed by atoms with Gasteiger partial charge in [-0.15, -0.1) is 0 Å². The van der Waals surface area contributed by atoms with Gasteiger partial charge in [0, 0.05) is 27.8 Å². The minimum atomic E-state index is -0.634. The van der Waals surface area contributed by atoms with Gasteiger partial charge in [-0.25, -0.2) is 9.79 Å². The van der Waals surface area contributed by atoms with Crippen LogP contribution in [0.4, 0.5) is 5.69 Å². The minimum Gasteiger partial charge on any atom is -0.489 e. The summed E-state index contributed by atoms with van der Waals surface area (Å²) in [5.41, 5.74) is 2.43. The predicted molar refractivity (Wildman–Crippen MR) is 121 cm³/mol. The van der Waals surface area contributed by atoms with Gasteiger partial charge in [0.05, 0.1) is 4.92 Å². The quantitative estimate of drug-likeness (QED) is 0.215. The zero-order valence-corrected chi connectivity index (χ0v) is 17.7. The van der Waals surface area contributed by atoms with Crippen molar-refractivity contribution >= 4 is 35.2 Å². The van der Waals surface area contributed by atoms with E-state index in [4.69, 9.17) is 21.1 Å². The summed E-state index contributed by atoms with van der Waals surface area (Å²) in [5, 5.41) is 11.8. The molecule has 0 amide bonds. The van der Waals surface area contributed by atoms with E-state index in [1.807, 2.05) is 18.2 Å². The van der Waals surface area contributed by atoms with Gasteiger partial charge in [0.2, 0.25) is 5.90 Å². The van der Waals surface area contributed by atoms with Gasteiger partial charge in [0.15, 0.2) is 5.70 Å². The predicted octanol–water partition coefficient (Wildman–Crippen LogP) is 5.48. The number of hydrogen-bond acceptors (Lipinski definition) is 6. The van der Waals surface area contributed by atoms with Crippen molar-refractivity contribution < 1.29 is 19.2 Å². The number of aryl methyl sites for hydroxylation is 1. The van der Waals surface area contributed by atoms with E-state index in [1.165, 1.54) is 6.07 Å². The maximum atomic E-state index is 12.3. The Bertz CT molecular complexity index is 1280. The molecule has 0 aliphatic carbocycles. The Morgan fingerprint density at radius 3 is 2.72 bits per heavy atom. The van der Waals surface area contributed by atoms with Crippen molar-refractivity contribution in [3.8, 4) is 5.75 Å². The van der Waals surface area contributed by atoms with Crippen LogP contribution in [-0.4, -0.2) is 16.8 Å². The van der Waals surface area contributed by atoms with E-state index >= 15 is 0 Å². The molecule has 32 heavy (non-hydrogen) atoms. The second-order valence-electron chi connectivity index (χ2n) is 7.05. The maximum absolute atomic E-state index is 12.3. The second kappa shape index (κ2) is 9.03. The van der Waals surface area contributed by atoms with E-state index in [0.29, 0.717) is 34.1 Å². The normalized spacial score (nSPS) is 14.2. The minimum absolute atomic E-state index is 0.0236. The van der Waals surface area contributed by atoms with Gasteiger partial charge in [-0.3, -0.25) is 10.1 Å². The number of halogens is 1. The summed E-state index contributed by atoms with van der Waals surface area (Å²) >= 11 is 6.16. The van der Waals surface area contributed by atoms with Crippen molar-refractivity contribution in [2.45, 2.75) is 13.5 Å². The molecule has 3 aromatic rings. The average Bonchev–Trinajstić information content (AvgIpc) is 3.13. The third-order valence-corrected chi connectivity index (χ3v) is 5.16. The van der Waals surface area contributed by atoms with Crippen LogP contribution in [0.25, 0.3) is 6.08 Å². The standard InChI is InChI=1S/C24H17ClN2O5/c1-15-9-10-17(13-22(15)27(29)30)23-26-21(24(28)32-23)12-16-5-4-7-19(11-16)31-14-18-6-2-3-8-20(18)25/h2-13H,14H2,1H3/b21-12-. The number of nitrogens with zero attached hydrogens (tertiary/aromatic N) is 2. The fourth-order valence-corrected chi connectivity index (χ4v) is 3.29. The third-order valence-electron chi connectivity index (χ3n) is 4.79. The molecule has 1 aliphatic rings. The fourth-order valence-electron chi connectivity index (χ4n) is 3.10. The van der Waals surface area contributed by atoms with Crippen molar-refractivity contribution in [2.75, 3.05) is 0 Å². The highest BCUT2D eigenvalue weighted by Gasteiger charge is 2.25. The number of aliphatic imine (C=N–C) groups is 1. The summed E-state index contributed by atoms with van der Waals surface area (Å²) in [6.45, 7) is 1.94. The molecule has 3 aromatic carbocycles. The number of nitro groups is 1. The number of ether oxygens (including phenoxy) is 2. The molecule has 0 N–H and O–H groups in total. The molecule has 8 heteroatoms. The molecule has 4 rings (SSSR count). The highest BCUT2D eigenvalue weighted by Crippen LogP contribution is 2.25. The molecular weight excluding hydrogens is 432 g/mol. The molecule has 0 bridgehead atoms. The first-order chi connectivity index (χ1) is 15.4. The highest BCUT2D eigenvalue weighted by molar-refractivity contribution is 6.31. The lowest BCUT2D eigenvalue weighted by molar-refractivity contribution is -0.385. The molecule has 0 unspecified atom stereocenters. The summed E-state index contributed by atoms with van der Waals surface area (Å²) in [6.07, 6.45) is 1.57. The molecule has 1 heterocycles. The van der Waals surface area contributed by atoms with Crippen LogP contribution in [0.2, 0.25) is 5.02 Å². The van der Waals surface area contributed by atoms with Gasteiger partial charge in [-0.05, 0) is 42.8 Å². The topological polar surface area (TPSA) is 91.0 Å². The van der Waals surface area contributed by atoms with Crippen LogP contribution in [0.3, 0.4) is 0 Å². The van der Waals surface area contributed by atoms with E-state index < -0.39 is 10.9 Å². The van der Waals surface area contributed by atoms with Gasteiger partial charge in [0.1, 0.15) is 12.4 Å². The monoisotopic (exact) mass is 448 g/mol. The van der Waals surface area contributed by atoms with E-state index in [1.54, 1.807) is 55.5 Å². The van der Waals surface area contributed by atoms with Crippen molar-refractivity contribution in [3.63, 3.8) is 0 Å². The average molecular weight is 449 g/mol. The molecule has 1 aliphatic heterocycles. The number of cyclic esters (lactones) is 1. The van der Waals surface area contributed by atoms with Gasteiger partial charge in [-0.1, -0.05) is 48.0 Å². The van der Waals surface area contributed by atoms with E-state index in [9.17, 15) is 14.9 Å². The zero-order chi connectivity index (χ0) is 22.7. The lowest BCUT2D eigenvalue weighted by atomic mass is 10.1.